The quantitative estimate of drug-likeness (QED) is 0.670. The second-order valence-electron chi connectivity index (χ2n) is 5.88. The van der Waals surface area contributed by atoms with Gasteiger partial charge >= 0.3 is 0 Å². The number of carbonyl (C=O) groups excluding carboxylic acids is 2. The number of rotatable bonds is 6. The van der Waals surface area contributed by atoms with Crippen molar-refractivity contribution in [1.82, 2.24) is 10.6 Å². The van der Waals surface area contributed by atoms with Gasteiger partial charge in [0, 0.05) is 31.5 Å². The molecular weight excluding hydrogens is 242 g/mol. The van der Waals surface area contributed by atoms with Gasteiger partial charge in [-0.05, 0) is 31.6 Å². The molecule has 1 aliphatic carbocycles. The summed E-state index contributed by atoms with van der Waals surface area (Å²) in [6.07, 6.45) is 4.76. The number of amides is 2. The van der Waals surface area contributed by atoms with Gasteiger partial charge in [0.25, 0.3) is 0 Å². The fourth-order valence-corrected chi connectivity index (χ4v) is 2.32. The Labute approximate surface area is 115 Å². The van der Waals surface area contributed by atoms with Gasteiger partial charge in [-0.25, -0.2) is 0 Å². The lowest BCUT2D eigenvalue weighted by Crippen LogP contribution is -2.41. The molecule has 0 radical (unpaired) electrons. The van der Waals surface area contributed by atoms with E-state index in [2.05, 4.69) is 10.6 Å². The van der Waals surface area contributed by atoms with Crippen molar-refractivity contribution in [2.45, 2.75) is 64.5 Å². The molecule has 1 aliphatic rings. The maximum Gasteiger partial charge on any atom is 0.221 e. The fraction of sp³-hybridized carbons (Fsp3) is 0.857. The smallest absolute Gasteiger partial charge is 0.221 e. The number of carbonyl (C=O) groups is 2. The first-order valence-corrected chi connectivity index (χ1v) is 7.29. The second-order valence-corrected chi connectivity index (χ2v) is 5.88. The Bertz CT molecular complexity index is 297. The van der Waals surface area contributed by atoms with Crippen molar-refractivity contribution < 1.29 is 9.59 Å². The van der Waals surface area contributed by atoms with E-state index in [1.54, 1.807) is 0 Å². The maximum absolute atomic E-state index is 11.7. The van der Waals surface area contributed by atoms with Crippen molar-refractivity contribution >= 4 is 11.8 Å². The molecule has 1 rings (SSSR count). The van der Waals surface area contributed by atoms with Gasteiger partial charge < -0.3 is 16.4 Å². The molecule has 0 unspecified atom stereocenters. The molecule has 1 fully saturated rings. The molecule has 0 bridgehead atoms. The molecule has 0 aromatic heterocycles. The molecule has 2 amide bonds. The largest absolute Gasteiger partial charge is 0.356 e. The lowest BCUT2D eigenvalue weighted by molar-refractivity contribution is -0.123. The minimum Gasteiger partial charge on any atom is -0.356 e. The van der Waals surface area contributed by atoms with E-state index in [4.69, 9.17) is 5.73 Å². The van der Waals surface area contributed by atoms with Gasteiger partial charge in [-0.15, -0.1) is 0 Å². The third-order valence-electron chi connectivity index (χ3n) is 3.40. The van der Waals surface area contributed by atoms with Crippen molar-refractivity contribution in [3.05, 3.63) is 0 Å². The molecule has 0 spiro atoms. The van der Waals surface area contributed by atoms with Gasteiger partial charge in [0.15, 0.2) is 0 Å². The van der Waals surface area contributed by atoms with Gasteiger partial charge in [-0.2, -0.15) is 0 Å². The van der Waals surface area contributed by atoms with Crippen LogP contribution in [0.3, 0.4) is 0 Å². The van der Waals surface area contributed by atoms with Crippen LogP contribution in [0.2, 0.25) is 0 Å². The third kappa shape index (κ3) is 7.15. The molecule has 0 aliphatic heterocycles. The van der Waals surface area contributed by atoms with Crippen LogP contribution < -0.4 is 16.4 Å². The molecule has 5 nitrogen and oxygen atoms in total. The summed E-state index contributed by atoms with van der Waals surface area (Å²) in [5.74, 6) is 0.386. The summed E-state index contributed by atoms with van der Waals surface area (Å²) in [6, 6.07) is 0.558. The van der Waals surface area contributed by atoms with E-state index < -0.39 is 0 Å². The average molecular weight is 269 g/mol. The first kappa shape index (κ1) is 16.0. The summed E-state index contributed by atoms with van der Waals surface area (Å²) in [5, 5.41) is 5.78. The Hall–Kier alpha value is -1.10. The molecule has 4 N–H and O–H groups in total. The van der Waals surface area contributed by atoms with Gasteiger partial charge in [0.2, 0.25) is 11.8 Å². The summed E-state index contributed by atoms with van der Waals surface area (Å²) in [7, 11) is 0. The van der Waals surface area contributed by atoms with Crippen LogP contribution >= 0.6 is 0 Å². The van der Waals surface area contributed by atoms with Crippen molar-refractivity contribution in [3.63, 3.8) is 0 Å². The van der Waals surface area contributed by atoms with Gasteiger partial charge in [-0.3, -0.25) is 9.59 Å². The summed E-state index contributed by atoms with van der Waals surface area (Å²) < 4.78 is 0. The molecule has 0 heterocycles. The van der Waals surface area contributed by atoms with Gasteiger partial charge in [-0.1, -0.05) is 13.8 Å². The number of nitrogens with one attached hydrogen (secondary N) is 2. The Morgan fingerprint density at radius 1 is 1.16 bits per heavy atom. The zero-order valence-corrected chi connectivity index (χ0v) is 12.1. The van der Waals surface area contributed by atoms with Crippen LogP contribution in [0.4, 0.5) is 0 Å². The van der Waals surface area contributed by atoms with E-state index in [1.807, 2.05) is 13.8 Å². The molecule has 0 atom stereocenters. The highest BCUT2D eigenvalue weighted by Crippen LogP contribution is 2.16. The summed E-state index contributed by atoms with van der Waals surface area (Å²) >= 11 is 0. The number of hydrogen-bond donors (Lipinski definition) is 3. The Kier molecular flexibility index (Phi) is 6.84. The molecule has 110 valence electrons. The van der Waals surface area contributed by atoms with Crippen LogP contribution in [0.25, 0.3) is 0 Å². The van der Waals surface area contributed by atoms with Crippen LogP contribution in [0, 0.1) is 5.92 Å². The van der Waals surface area contributed by atoms with Gasteiger partial charge in [0.1, 0.15) is 0 Å². The zero-order chi connectivity index (χ0) is 14.3. The standard InChI is InChI=1S/C14H27N3O2/c1-10(2)9-14(19)16-8-7-13(18)17-12-5-3-11(15)4-6-12/h10-12H,3-9,15H2,1-2H3,(H,16,19)(H,17,18). The van der Waals surface area contributed by atoms with E-state index in [9.17, 15) is 9.59 Å². The lowest BCUT2D eigenvalue weighted by atomic mass is 9.92. The molecule has 1 saturated carbocycles. The Morgan fingerprint density at radius 2 is 1.79 bits per heavy atom. The topological polar surface area (TPSA) is 84.2 Å². The van der Waals surface area contributed by atoms with Crippen molar-refractivity contribution in [2.75, 3.05) is 6.54 Å². The van der Waals surface area contributed by atoms with E-state index in [1.165, 1.54) is 0 Å². The number of hydrogen-bond acceptors (Lipinski definition) is 3. The lowest BCUT2D eigenvalue weighted by Gasteiger charge is -2.26. The van der Waals surface area contributed by atoms with Crippen LogP contribution in [0.15, 0.2) is 0 Å². The van der Waals surface area contributed by atoms with Crippen LogP contribution in [0.5, 0.6) is 0 Å². The minimum absolute atomic E-state index is 0.0188. The molecule has 5 heteroatoms. The van der Waals surface area contributed by atoms with Gasteiger partial charge in [0.05, 0.1) is 0 Å². The first-order chi connectivity index (χ1) is 8.97. The van der Waals surface area contributed by atoms with Crippen molar-refractivity contribution in [3.8, 4) is 0 Å². The van der Waals surface area contributed by atoms with Crippen LogP contribution in [-0.2, 0) is 9.59 Å². The van der Waals surface area contributed by atoms with E-state index in [0.29, 0.717) is 31.3 Å². The maximum atomic E-state index is 11.7. The highest BCUT2D eigenvalue weighted by molar-refractivity contribution is 5.79. The molecule has 0 aromatic carbocycles. The van der Waals surface area contributed by atoms with Crippen molar-refractivity contribution in [1.29, 1.82) is 0 Å². The Morgan fingerprint density at radius 3 is 2.37 bits per heavy atom. The molecule has 19 heavy (non-hydrogen) atoms. The first-order valence-electron chi connectivity index (χ1n) is 7.29. The predicted molar refractivity (Wildman–Crippen MR) is 75.5 cm³/mol. The van der Waals surface area contributed by atoms with Crippen LogP contribution in [-0.4, -0.2) is 30.4 Å². The number of nitrogens with two attached hydrogens (primary N) is 1. The predicted octanol–water partition coefficient (Wildman–Crippen LogP) is 0.925. The van der Waals surface area contributed by atoms with Crippen LogP contribution in [0.1, 0.15) is 52.4 Å². The van der Waals surface area contributed by atoms with E-state index in [-0.39, 0.29) is 17.9 Å². The highest BCUT2D eigenvalue weighted by atomic mass is 16.2. The summed E-state index contributed by atoms with van der Waals surface area (Å²) in [4.78, 5) is 23.1. The molecule has 0 aromatic rings. The second kappa shape index (κ2) is 8.15. The molecular formula is C14H27N3O2. The SMILES string of the molecule is CC(C)CC(=O)NCCC(=O)NC1CCC(N)CC1. The zero-order valence-electron chi connectivity index (χ0n) is 12.1. The van der Waals surface area contributed by atoms with E-state index >= 15 is 0 Å². The highest BCUT2D eigenvalue weighted by Gasteiger charge is 2.19. The fourth-order valence-electron chi connectivity index (χ4n) is 2.32. The summed E-state index contributed by atoms with van der Waals surface area (Å²) in [6.45, 7) is 4.42. The Balaban J connectivity index is 2.09. The monoisotopic (exact) mass is 269 g/mol. The minimum atomic E-state index is 0.0188. The molecule has 0 saturated heterocycles. The normalized spacial score (nSPS) is 23.2. The summed E-state index contributed by atoms with van der Waals surface area (Å²) in [5.41, 5.74) is 5.82. The third-order valence-corrected chi connectivity index (χ3v) is 3.40. The van der Waals surface area contributed by atoms with Crippen molar-refractivity contribution in [2.24, 2.45) is 11.7 Å². The van der Waals surface area contributed by atoms with E-state index in [0.717, 1.165) is 25.7 Å². The average Bonchev–Trinajstić information content (AvgIpc) is 2.31.